The van der Waals surface area contributed by atoms with Gasteiger partial charge in [0.2, 0.25) is 27.7 Å². The third kappa shape index (κ3) is 8.08. The van der Waals surface area contributed by atoms with Crippen LogP contribution in [0.2, 0.25) is 0 Å². The highest BCUT2D eigenvalue weighted by molar-refractivity contribution is 7.91. The average Bonchev–Trinajstić information content (AvgIpc) is 4.01. The van der Waals surface area contributed by atoms with Gasteiger partial charge in [-0.05, 0) is 86.4 Å². The van der Waals surface area contributed by atoms with Crippen molar-refractivity contribution in [3.63, 3.8) is 0 Å². The molecular formula is C36H47N5O9S. The predicted molar refractivity (Wildman–Crippen MR) is 187 cm³/mol. The van der Waals surface area contributed by atoms with Crippen molar-refractivity contribution in [2.75, 3.05) is 13.2 Å². The maximum atomic E-state index is 14.3. The molecule has 4 N–H and O–H groups in total. The third-order valence-corrected chi connectivity index (χ3v) is 12.2. The van der Waals surface area contributed by atoms with Crippen LogP contribution in [0.3, 0.4) is 0 Å². The molecule has 4 amide bonds. The first kappa shape index (κ1) is 36.4. The molecule has 2 aliphatic heterocycles. The van der Waals surface area contributed by atoms with Crippen molar-refractivity contribution in [1.29, 1.82) is 0 Å². The van der Waals surface area contributed by atoms with E-state index < -0.39 is 74.7 Å². The maximum Gasteiger partial charge on any atom is 0.405 e. The molecule has 2 aliphatic carbocycles. The van der Waals surface area contributed by atoms with Gasteiger partial charge in [-0.15, -0.1) is 0 Å². The number of nitrogens with one attached hydrogen (secondary N) is 3. The fourth-order valence-corrected chi connectivity index (χ4v) is 8.68. The topological polar surface area (TPSA) is 193 Å². The smallest absolute Gasteiger partial charge is 0.405 e. The average molecular weight is 726 g/mol. The van der Waals surface area contributed by atoms with Gasteiger partial charge in [-0.1, -0.05) is 32.9 Å². The number of fused-ring (bicyclic) bond motifs is 3. The lowest BCUT2D eigenvalue weighted by Gasteiger charge is -2.32. The molecule has 2 saturated carbocycles. The fourth-order valence-electron chi connectivity index (χ4n) is 7.32. The number of carbonyl (C=O) groups excluding carboxylic acids is 3. The van der Waals surface area contributed by atoms with Crippen LogP contribution in [0.5, 0.6) is 11.6 Å². The summed E-state index contributed by atoms with van der Waals surface area (Å²) in [6.45, 7) is 6.39. The third-order valence-electron chi connectivity index (χ3n) is 10.3. The Bertz CT molecular complexity index is 1810. The molecule has 15 heteroatoms. The van der Waals surface area contributed by atoms with Crippen molar-refractivity contribution < 1.29 is 42.2 Å². The van der Waals surface area contributed by atoms with Crippen molar-refractivity contribution in [2.45, 2.75) is 101 Å². The number of benzene rings is 1. The summed E-state index contributed by atoms with van der Waals surface area (Å²) in [6.07, 6.45) is 7.26. The van der Waals surface area contributed by atoms with E-state index in [9.17, 15) is 32.7 Å². The van der Waals surface area contributed by atoms with Crippen LogP contribution < -0.4 is 24.8 Å². The Hall–Kier alpha value is -4.40. The molecule has 0 spiro atoms. The lowest BCUT2D eigenvalue weighted by atomic mass is 9.88. The minimum absolute atomic E-state index is 0.0243. The summed E-state index contributed by atoms with van der Waals surface area (Å²) >= 11 is 0. The van der Waals surface area contributed by atoms with E-state index >= 15 is 0 Å². The van der Waals surface area contributed by atoms with E-state index in [1.807, 2.05) is 57.2 Å². The number of hydrogen-bond acceptors (Lipinski definition) is 9. The number of nitrogens with zero attached hydrogens (tertiary/aromatic N) is 2. The number of ether oxygens (including phenoxy) is 2. The first-order valence-corrected chi connectivity index (χ1v) is 19.4. The zero-order valence-electron chi connectivity index (χ0n) is 29.2. The monoisotopic (exact) mass is 725 g/mol. The standard InChI is InChI=1S/C36H47N5O9S/c1-4-15-49-25-9-12-28-23(17-25)13-14-37-32(28)50-26-18-29-31(42)39-36(34(44)40-51(47,48)27-10-11-27)19-24(36)8-6-5-7-21(2)16-22(3)30(38-35(45)46)33(43)41(29)20-26/h6,8-9,12-14,17,21-22,24,26-27,29-30,38H,4-5,7,10-11,15-16,18-20H2,1-3H3,(H,39,42)(H,40,44)(H,45,46)/b8-6-/t21-,22+,24+,26+,29-,30-,36+/m0/s1. The van der Waals surface area contributed by atoms with Crippen molar-refractivity contribution in [1.82, 2.24) is 25.2 Å². The molecule has 7 atom stereocenters. The number of hydrogen-bond donors (Lipinski definition) is 4. The predicted octanol–water partition coefficient (Wildman–Crippen LogP) is 3.50. The highest BCUT2D eigenvalue weighted by atomic mass is 32.2. The molecule has 0 bridgehead atoms. The van der Waals surface area contributed by atoms with Gasteiger partial charge in [0.05, 0.1) is 18.4 Å². The van der Waals surface area contributed by atoms with E-state index in [1.54, 1.807) is 6.20 Å². The van der Waals surface area contributed by atoms with E-state index in [1.165, 1.54) is 4.90 Å². The summed E-state index contributed by atoms with van der Waals surface area (Å²) in [5.41, 5.74) is -1.52. The van der Waals surface area contributed by atoms with Crippen LogP contribution in [-0.4, -0.2) is 89.4 Å². The Kier molecular flexibility index (Phi) is 10.5. The molecule has 14 nitrogen and oxygen atoms in total. The minimum Gasteiger partial charge on any atom is -0.494 e. The van der Waals surface area contributed by atoms with Crippen LogP contribution >= 0.6 is 0 Å². The van der Waals surface area contributed by atoms with Crippen molar-refractivity contribution in [3.05, 3.63) is 42.6 Å². The van der Waals surface area contributed by atoms with Gasteiger partial charge < -0.3 is 30.1 Å². The Balaban J connectivity index is 1.31. The van der Waals surface area contributed by atoms with Crippen LogP contribution in [0.1, 0.15) is 72.1 Å². The molecule has 4 aliphatic rings. The van der Waals surface area contributed by atoms with E-state index in [-0.39, 0.29) is 25.3 Å². The number of allylic oxidation sites excluding steroid dienone is 1. The lowest BCUT2D eigenvalue weighted by Crippen LogP contribution is -2.59. The van der Waals surface area contributed by atoms with Crippen LogP contribution in [0.4, 0.5) is 4.79 Å². The molecule has 1 aromatic heterocycles. The van der Waals surface area contributed by atoms with Crippen LogP contribution in [0.15, 0.2) is 42.6 Å². The van der Waals surface area contributed by atoms with Gasteiger partial charge in [0.15, 0.2) is 0 Å². The van der Waals surface area contributed by atoms with Crippen LogP contribution in [0, 0.1) is 17.8 Å². The van der Waals surface area contributed by atoms with Crippen LogP contribution in [-0.2, 0) is 24.4 Å². The van der Waals surface area contributed by atoms with Gasteiger partial charge in [-0.25, -0.2) is 18.2 Å². The fraction of sp³-hybridized carbons (Fsp3) is 0.583. The Morgan fingerprint density at radius 2 is 1.92 bits per heavy atom. The second kappa shape index (κ2) is 14.7. The quantitative estimate of drug-likeness (QED) is 0.278. The second-order valence-electron chi connectivity index (χ2n) is 14.5. The number of carbonyl (C=O) groups is 4. The van der Waals surface area contributed by atoms with E-state index in [0.717, 1.165) is 18.2 Å². The summed E-state index contributed by atoms with van der Waals surface area (Å²) in [5.74, 6) is -1.76. The van der Waals surface area contributed by atoms with E-state index in [2.05, 4.69) is 20.3 Å². The van der Waals surface area contributed by atoms with Crippen LogP contribution in [0.25, 0.3) is 10.8 Å². The Morgan fingerprint density at radius 3 is 2.65 bits per heavy atom. The van der Waals surface area contributed by atoms with Gasteiger partial charge in [-0.3, -0.25) is 19.1 Å². The van der Waals surface area contributed by atoms with Gasteiger partial charge in [0.25, 0.3) is 5.91 Å². The summed E-state index contributed by atoms with van der Waals surface area (Å²) in [6, 6.07) is 5.08. The van der Waals surface area contributed by atoms with Crippen molar-refractivity contribution >= 4 is 44.6 Å². The zero-order valence-corrected chi connectivity index (χ0v) is 30.0. The van der Waals surface area contributed by atoms with E-state index in [0.29, 0.717) is 49.3 Å². The summed E-state index contributed by atoms with van der Waals surface area (Å²) in [7, 11) is -3.90. The molecule has 51 heavy (non-hydrogen) atoms. The van der Waals surface area contributed by atoms with Gasteiger partial charge in [-0.2, -0.15) is 0 Å². The molecule has 1 aromatic carbocycles. The molecular weight excluding hydrogens is 678 g/mol. The zero-order chi connectivity index (χ0) is 36.5. The van der Waals surface area contributed by atoms with Gasteiger partial charge in [0, 0.05) is 23.9 Å². The number of aromatic nitrogens is 1. The molecule has 3 heterocycles. The summed E-state index contributed by atoms with van der Waals surface area (Å²) in [4.78, 5) is 60.0. The number of sulfonamides is 1. The summed E-state index contributed by atoms with van der Waals surface area (Å²) in [5, 5.41) is 15.9. The molecule has 2 aromatic rings. The second-order valence-corrected chi connectivity index (χ2v) is 16.5. The number of amides is 4. The Labute approximate surface area is 297 Å². The van der Waals surface area contributed by atoms with E-state index in [4.69, 9.17) is 9.47 Å². The first-order chi connectivity index (χ1) is 24.3. The highest BCUT2D eigenvalue weighted by Crippen LogP contribution is 2.46. The summed E-state index contributed by atoms with van der Waals surface area (Å²) < 4.78 is 39.9. The maximum absolute atomic E-state index is 14.3. The Morgan fingerprint density at radius 1 is 1.14 bits per heavy atom. The van der Waals surface area contributed by atoms with Gasteiger partial charge >= 0.3 is 6.09 Å². The molecule has 1 saturated heterocycles. The number of pyridine rings is 1. The number of carboxylic acid groups (broad SMARTS) is 1. The minimum atomic E-state index is -3.90. The SMILES string of the molecule is CCCOc1ccc2c(O[C@@H]3C[C@H]4C(=O)N[C@]5(C(=O)NS(=O)(=O)C6CC6)C[C@H]5/C=C\CC[C@H](C)C[C@@H](C)[C@H](NC(=O)O)C(=O)N4C3)nccc2c1. The van der Waals surface area contributed by atoms with Gasteiger partial charge in [0.1, 0.15) is 29.5 Å². The lowest BCUT2D eigenvalue weighted by molar-refractivity contribution is -0.142. The largest absolute Gasteiger partial charge is 0.494 e. The van der Waals surface area contributed by atoms with Crippen molar-refractivity contribution in [3.8, 4) is 11.6 Å². The normalized spacial score (nSPS) is 30.5. The molecule has 3 fully saturated rings. The first-order valence-electron chi connectivity index (χ1n) is 17.8. The molecule has 0 unspecified atom stereocenters. The van der Waals surface area contributed by atoms with Crippen molar-refractivity contribution in [2.24, 2.45) is 17.8 Å². The molecule has 276 valence electrons. The molecule has 0 radical (unpaired) electrons. The highest BCUT2D eigenvalue weighted by Gasteiger charge is 2.62. The molecule has 6 rings (SSSR count). The number of rotatable bonds is 9.